The van der Waals surface area contributed by atoms with Crippen LogP contribution in [0.5, 0.6) is 0 Å². The normalized spacial score (nSPS) is 17.2. The molecule has 0 aliphatic carbocycles. The number of carbonyl (C=O) groups excluding carboxylic acids is 4. The van der Waals surface area contributed by atoms with E-state index in [4.69, 9.17) is 24.9 Å². The summed E-state index contributed by atoms with van der Waals surface area (Å²) in [7, 11) is 1.72. The number of rotatable bonds is 16. The van der Waals surface area contributed by atoms with E-state index in [0.29, 0.717) is 26.2 Å². The number of benzene rings is 1. The van der Waals surface area contributed by atoms with Crippen molar-refractivity contribution in [2.45, 2.75) is 50.7 Å². The molecule has 1 aromatic heterocycles. The Hall–Kier alpha value is -4.37. The third-order valence-electron chi connectivity index (χ3n) is 8.69. The molecule has 1 aromatic carbocycles. The van der Waals surface area contributed by atoms with Crippen LogP contribution in [0.25, 0.3) is 0 Å². The molecule has 4 amide bonds. The summed E-state index contributed by atoms with van der Waals surface area (Å²) in [5.74, 6) is -0.274. The van der Waals surface area contributed by atoms with Gasteiger partial charge < -0.3 is 40.0 Å². The summed E-state index contributed by atoms with van der Waals surface area (Å²) >= 11 is 0. The number of amides is 4. The summed E-state index contributed by atoms with van der Waals surface area (Å²) in [6, 6.07) is 8.59. The molecule has 14 heteroatoms. The Morgan fingerprint density at radius 3 is 2.48 bits per heavy atom. The number of nitrogens with one attached hydrogen (secondary N) is 2. The van der Waals surface area contributed by atoms with Crippen LogP contribution in [0.1, 0.15) is 48.8 Å². The Kier molecular flexibility index (Phi) is 15.6. The van der Waals surface area contributed by atoms with Crippen molar-refractivity contribution in [3.63, 3.8) is 0 Å². The van der Waals surface area contributed by atoms with Gasteiger partial charge in [-0.1, -0.05) is 36.4 Å². The zero-order valence-electron chi connectivity index (χ0n) is 29.0. The maximum atomic E-state index is 13.6. The van der Waals surface area contributed by atoms with Crippen molar-refractivity contribution < 1.29 is 33.4 Å². The second-order valence-corrected chi connectivity index (χ2v) is 12.4. The molecule has 272 valence electrons. The number of ether oxygens (including phenoxy) is 3. The lowest BCUT2D eigenvalue weighted by Crippen LogP contribution is -2.49. The number of aromatic nitrogens is 2. The standard InChI is InChI=1S/C32H42N6O7.C4H9N/c1-3-7-25-21-37(20-23-8-5-4-6-9-23)30(35-25)29(24-12-16-43-17-13-24)36(2)31(41)26(33)22-45-32(42)34-14-18-44-19-15-38-27(39)10-11-28(38)40;1-2-4-5-3-1/h3-6,8-11,21,24,26,29H,1,7,12-20,22,33H2,2H3,(H,34,42);5H,1-4H2. The summed E-state index contributed by atoms with van der Waals surface area (Å²) < 4.78 is 18.3. The highest BCUT2D eigenvalue weighted by atomic mass is 16.5. The molecule has 50 heavy (non-hydrogen) atoms. The van der Waals surface area contributed by atoms with Crippen molar-refractivity contribution in [2.24, 2.45) is 11.7 Å². The van der Waals surface area contributed by atoms with Crippen LogP contribution in [0.2, 0.25) is 0 Å². The number of nitrogens with two attached hydrogens (primary N) is 1. The summed E-state index contributed by atoms with van der Waals surface area (Å²) in [6.45, 7) is 8.34. The largest absolute Gasteiger partial charge is 0.447 e. The molecular formula is C36H51N7O7. The fourth-order valence-electron chi connectivity index (χ4n) is 6.05. The topological polar surface area (TPSA) is 170 Å². The van der Waals surface area contributed by atoms with Crippen LogP contribution < -0.4 is 16.4 Å². The Morgan fingerprint density at radius 2 is 1.84 bits per heavy atom. The molecule has 14 nitrogen and oxygen atoms in total. The summed E-state index contributed by atoms with van der Waals surface area (Å²) in [4.78, 5) is 56.6. The highest BCUT2D eigenvalue weighted by Crippen LogP contribution is 2.35. The van der Waals surface area contributed by atoms with Crippen LogP contribution >= 0.6 is 0 Å². The van der Waals surface area contributed by atoms with E-state index in [-0.39, 0.29) is 62.6 Å². The first-order valence-corrected chi connectivity index (χ1v) is 17.3. The van der Waals surface area contributed by atoms with E-state index >= 15 is 0 Å². The smallest absolute Gasteiger partial charge is 0.407 e. The number of hydrogen-bond donors (Lipinski definition) is 3. The van der Waals surface area contributed by atoms with Crippen molar-refractivity contribution in [3.8, 4) is 0 Å². The predicted molar refractivity (Wildman–Crippen MR) is 187 cm³/mol. The van der Waals surface area contributed by atoms with Gasteiger partial charge in [0.15, 0.2) is 0 Å². The first-order chi connectivity index (χ1) is 24.3. The van der Waals surface area contributed by atoms with Crippen LogP contribution in [0.15, 0.2) is 61.3 Å². The molecule has 3 aliphatic heterocycles. The Morgan fingerprint density at radius 1 is 1.14 bits per heavy atom. The SMILES string of the molecule is C1CCNC1.C=CCc1cn(Cc2ccccc2)c(C(C2CCOCC2)N(C)C(=O)C(N)COC(=O)NCCOCCN2C(=O)C=CC2=O)n1. The van der Waals surface area contributed by atoms with Gasteiger partial charge in [0.2, 0.25) is 5.91 Å². The maximum Gasteiger partial charge on any atom is 0.407 e. The number of likely N-dealkylation sites (N-methyl/N-ethyl adjacent to an activating group) is 1. The van der Waals surface area contributed by atoms with Gasteiger partial charge in [0.1, 0.15) is 18.5 Å². The quantitative estimate of drug-likeness (QED) is 0.134. The van der Waals surface area contributed by atoms with Gasteiger partial charge in [-0.25, -0.2) is 9.78 Å². The number of imidazole rings is 1. The minimum atomic E-state index is -1.09. The Bertz CT molecular complexity index is 1410. The van der Waals surface area contributed by atoms with E-state index in [2.05, 4.69) is 33.9 Å². The molecule has 0 saturated carbocycles. The first-order valence-electron chi connectivity index (χ1n) is 17.3. The van der Waals surface area contributed by atoms with Crippen LogP contribution in [0, 0.1) is 5.92 Å². The van der Waals surface area contributed by atoms with Gasteiger partial charge in [-0.2, -0.15) is 0 Å². The maximum absolute atomic E-state index is 13.6. The lowest BCUT2D eigenvalue weighted by molar-refractivity contribution is -0.138. The fraction of sp³-hybridized carbons (Fsp3) is 0.528. The van der Waals surface area contributed by atoms with Gasteiger partial charge >= 0.3 is 6.09 Å². The summed E-state index contributed by atoms with van der Waals surface area (Å²) in [6.07, 6.45) is 10.4. The van der Waals surface area contributed by atoms with Crippen molar-refractivity contribution in [3.05, 3.63) is 78.4 Å². The van der Waals surface area contributed by atoms with Gasteiger partial charge in [-0.05, 0) is 50.3 Å². The van der Waals surface area contributed by atoms with Gasteiger partial charge in [-0.15, -0.1) is 6.58 Å². The van der Waals surface area contributed by atoms with Gasteiger partial charge in [0, 0.05) is 58.1 Å². The average molecular weight is 694 g/mol. The zero-order valence-corrected chi connectivity index (χ0v) is 29.0. The Labute approximate surface area is 294 Å². The number of imide groups is 1. The lowest BCUT2D eigenvalue weighted by atomic mass is 9.89. The average Bonchev–Trinajstić information content (AvgIpc) is 3.90. The monoisotopic (exact) mass is 693 g/mol. The number of carbonyl (C=O) groups is 4. The fourth-order valence-corrected chi connectivity index (χ4v) is 6.05. The molecule has 2 fully saturated rings. The van der Waals surface area contributed by atoms with Crippen molar-refractivity contribution >= 4 is 23.8 Å². The van der Waals surface area contributed by atoms with Crippen molar-refractivity contribution in [1.29, 1.82) is 0 Å². The molecule has 3 aliphatic rings. The van der Waals surface area contributed by atoms with Gasteiger partial charge in [0.25, 0.3) is 11.8 Å². The van der Waals surface area contributed by atoms with E-state index in [0.717, 1.165) is 34.8 Å². The van der Waals surface area contributed by atoms with E-state index in [1.165, 1.54) is 38.1 Å². The number of allylic oxidation sites excluding steroid dienone is 1. The minimum Gasteiger partial charge on any atom is -0.447 e. The first kappa shape index (κ1) is 38.4. The minimum absolute atomic E-state index is 0.0931. The molecule has 2 atom stereocenters. The third kappa shape index (κ3) is 11.6. The van der Waals surface area contributed by atoms with Crippen LogP contribution in [0.4, 0.5) is 4.79 Å². The van der Waals surface area contributed by atoms with E-state index in [1.54, 1.807) is 18.0 Å². The summed E-state index contributed by atoms with van der Waals surface area (Å²) in [5.41, 5.74) is 8.22. The van der Waals surface area contributed by atoms with Gasteiger partial charge in [-0.3, -0.25) is 19.3 Å². The molecule has 4 heterocycles. The van der Waals surface area contributed by atoms with E-state index in [1.807, 2.05) is 24.4 Å². The highest BCUT2D eigenvalue weighted by molar-refractivity contribution is 6.12. The molecule has 4 N–H and O–H groups in total. The van der Waals surface area contributed by atoms with Crippen molar-refractivity contribution in [2.75, 3.05) is 66.3 Å². The molecule has 2 saturated heterocycles. The molecule has 0 bridgehead atoms. The second kappa shape index (κ2) is 20.3. The van der Waals surface area contributed by atoms with Gasteiger partial charge in [0.05, 0.1) is 31.5 Å². The van der Waals surface area contributed by atoms with Crippen LogP contribution in [-0.4, -0.2) is 115 Å². The zero-order chi connectivity index (χ0) is 35.7. The lowest BCUT2D eigenvalue weighted by Gasteiger charge is -2.37. The third-order valence-corrected chi connectivity index (χ3v) is 8.69. The van der Waals surface area contributed by atoms with E-state index in [9.17, 15) is 19.2 Å². The van der Waals surface area contributed by atoms with Crippen LogP contribution in [-0.2, 0) is 41.6 Å². The molecule has 0 radical (unpaired) electrons. The van der Waals surface area contributed by atoms with Crippen molar-refractivity contribution in [1.82, 2.24) is 30.0 Å². The number of alkyl carbamates (subject to hydrolysis) is 1. The molecule has 5 rings (SSSR count). The molecule has 2 aromatic rings. The molecular weight excluding hydrogens is 642 g/mol. The number of hydrogen-bond acceptors (Lipinski definition) is 10. The van der Waals surface area contributed by atoms with E-state index < -0.39 is 12.1 Å². The van der Waals surface area contributed by atoms with Crippen LogP contribution in [0.3, 0.4) is 0 Å². The molecule has 2 unspecified atom stereocenters. The Balaban J connectivity index is 0.00000103. The summed E-state index contributed by atoms with van der Waals surface area (Å²) in [5, 5.41) is 5.76. The number of nitrogens with zero attached hydrogens (tertiary/aromatic N) is 4. The molecule has 0 spiro atoms. The highest BCUT2D eigenvalue weighted by Gasteiger charge is 2.36. The second-order valence-electron chi connectivity index (χ2n) is 12.4. The predicted octanol–water partition coefficient (Wildman–Crippen LogP) is 1.95.